The Kier molecular flexibility index (Phi) is 6.55. The monoisotopic (exact) mass is 499 g/mol. The molecule has 37 heavy (non-hydrogen) atoms. The van der Waals surface area contributed by atoms with Crippen molar-refractivity contribution in [1.82, 2.24) is 19.2 Å². The van der Waals surface area contributed by atoms with Gasteiger partial charge in [0.05, 0.1) is 35.2 Å². The summed E-state index contributed by atoms with van der Waals surface area (Å²) < 4.78 is 7.76. The van der Waals surface area contributed by atoms with Crippen molar-refractivity contribution >= 4 is 40.1 Å². The van der Waals surface area contributed by atoms with Crippen molar-refractivity contribution in [2.45, 2.75) is 26.3 Å². The van der Waals surface area contributed by atoms with Crippen LogP contribution in [0, 0.1) is 17.2 Å². The maximum atomic E-state index is 13.4. The molecule has 0 bridgehead atoms. The summed E-state index contributed by atoms with van der Waals surface area (Å²) in [5.41, 5.74) is 1.96. The zero-order valence-electron chi connectivity index (χ0n) is 20.3. The van der Waals surface area contributed by atoms with Crippen molar-refractivity contribution < 1.29 is 14.3 Å². The van der Waals surface area contributed by atoms with Crippen LogP contribution in [0.4, 0.5) is 11.5 Å². The van der Waals surface area contributed by atoms with Gasteiger partial charge < -0.3 is 15.0 Å². The second-order valence-corrected chi connectivity index (χ2v) is 8.78. The Balaban J connectivity index is 1.47. The minimum absolute atomic E-state index is 0.171. The Bertz CT molecular complexity index is 1590. The second-order valence-electron chi connectivity index (χ2n) is 8.78. The highest BCUT2D eigenvalue weighted by molar-refractivity contribution is 5.91. The van der Waals surface area contributed by atoms with Gasteiger partial charge in [0.2, 0.25) is 11.6 Å². The maximum absolute atomic E-state index is 13.4. The third kappa shape index (κ3) is 4.73. The fourth-order valence-corrected chi connectivity index (χ4v) is 4.59. The largest absolute Gasteiger partial charge is 0.466 e. The average molecular weight is 500 g/mol. The minimum Gasteiger partial charge on any atom is -0.466 e. The van der Waals surface area contributed by atoms with E-state index >= 15 is 0 Å². The summed E-state index contributed by atoms with van der Waals surface area (Å²) >= 11 is 0. The molecule has 188 valence electrons. The molecule has 1 aliphatic rings. The lowest BCUT2D eigenvalue weighted by Crippen LogP contribution is -2.37. The van der Waals surface area contributed by atoms with Crippen molar-refractivity contribution in [2.75, 3.05) is 29.9 Å². The minimum atomic E-state index is -0.461. The van der Waals surface area contributed by atoms with Gasteiger partial charge in [0.15, 0.2) is 5.82 Å². The van der Waals surface area contributed by atoms with Crippen LogP contribution >= 0.6 is 0 Å². The Morgan fingerprint density at radius 3 is 2.70 bits per heavy atom. The predicted molar refractivity (Wildman–Crippen MR) is 136 cm³/mol. The molecular weight excluding hydrogens is 474 g/mol. The van der Waals surface area contributed by atoms with Crippen LogP contribution < -0.4 is 15.9 Å². The number of esters is 1. The summed E-state index contributed by atoms with van der Waals surface area (Å²) in [5, 5.41) is 16.3. The molecular formula is C26H25N7O4. The number of aromatic nitrogens is 4. The van der Waals surface area contributed by atoms with E-state index < -0.39 is 11.6 Å². The molecule has 1 aliphatic heterocycles. The molecule has 1 fully saturated rings. The quantitative estimate of drug-likeness (QED) is 0.400. The number of nitriles is 1. The van der Waals surface area contributed by atoms with Crippen molar-refractivity contribution in [3.63, 3.8) is 0 Å². The number of nitrogens with zero attached hydrogens (tertiary/aromatic N) is 6. The van der Waals surface area contributed by atoms with Gasteiger partial charge in [0, 0.05) is 18.8 Å². The van der Waals surface area contributed by atoms with Gasteiger partial charge in [-0.1, -0.05) is 18.2 Å². The normalized spacial score (nSPS) is 14.0. The van der Waals surface area contributed by atoms with Gasteiger partial charge >= 0.3 is 11.7 Å². The summed E-state index contributed by atoms with van der Waals surface area (Å²) in [5.74, 6) is -0.283. The summed E-state index contributed by atoms with van der Waals surface area (Å²) in [7, 11) is 0. The standard InChI is InChI=1S/C26H25N7O4/c1-2-37-25(35)18-10-12-31(13-11-18)23-24-30-32(16-22(34)28-19-7-5-6-17(14-19)15-27)26(36)33(24)21-9-4-3-8-20(21)29-23/h3-9,14,18H,2,10-13,16H2,1H3,(H,28,34). The van der Waals surface area contributed by atoms with E-state index in [9.17, 15) is 14.4 Å². The van der Waals surface area contributed by atoms with E-state index in [0.29, 0.717) is 66.3 Å². The lowest BCUT2D eigenvalue weighted by molar-refractivity contribution is -0.148. The van der Waals surface area contributed by atoms with E-state index in [1.165, 1.54) is 4.40 Å². The number of anilines is 2. The SMILES string of the molecule is CCOC(=O)C1CCN(c2nc3ccccc3n3c(=O)n(CC(=O)Nc4cccc(C#N)c4)nc23)CC1. The van der Waals surface area contributed by atoms with Crippen molar-refractivity contribution in [3.05, 3.63) is 64.6 Å². The molecule has 0 unspecified atom stereocenters. The molecule has 5 rings (SSSR count). The molecule has 4 aromatic rings. The van der Waals surface area contributed by atoms with Gasteiger partial charge in [0.1, 0.15) is 6.54 Å². The van der Waals surface area contributed by atoms with Gasteiger partial charge in [-0.05, 0) is 50.1 Å². The summed E-state index contributed by atoms with van der Waals surface area (Å²) in [6.07, 6.45) is 1.21. The van der Waals surface area contributed by atoms with Crippen LogP contribution in [-0.2, 0) is 20.9 Å². The first-order chi connectivity index (χ1) is 18.0. The summed E-state index contributed by atoms with van der Waals surface area (Å²) in [6, 6.07) is 15.8. The Morgan fingerprint density at radius 1 is 1.16 bits per heavy atom. The summed E-state index contributed by atoms with van der Waals surface area (Å²) in [6.45, 7) is 2.95. The van der Waals surface area contributed by atoms with Crippen molar-refractivity contribution in [2.24, 2.45) is 5.92 Å². The first kappa shape index (κ1) is 24.0. The third-order valence-electron chi connectivity index (χ3n) is 6.37. The van der Waals surface area contributed by atoms with Crippen LogP contribution in [0.5, 0.6) is 0 Å². The number of ether oxygens (including phenoxy) is 1. The fraction of sp³-hybridized carbons (Fsp3) is 0.308. The van der Waals surface area contributed by atoms with Crippen LogP contribution in [0.1, 0.15) is 25.3 Å². The molecule has 0 radical (unpaired) electrons. The zero-order valence-corrected chi connectivity index (χ0v) is 20.3. The van der Waals surface area contributed by atoms with E-state index in [2.05, 4.69) is 10.4 Å². The van der Waals surface area contributed by atoms with Gasteiger partial charge in [-0.25, -0.2) is 18.9 Å². The molecule has 0 spiro atoms. The molecule has 3 heterocycles. The highest BCUT2D eigenvalue weighted by Crippen LogP contribution is 2.27. The summed E-state index contributed by atoms with van der Waals surface area (Å²) in [4.78, 5) is 45.1. The molecule has 1 N–H and O–H groups in total. The van der Waals surface area contributed by atoms with Crippen LogP contribution in [0.25, 0.3) is 16.7 Å². The molecule has 1 amide bonds. The molecule has 0 saturated carbocycles. The van der Waals surface area contributed by atoms with Crippen LogP contribution in [0.3, 0.4) is 0 Å². The first-order valence-electron chi connectivity index (χ1n) is 12.1. The molecule has 1 saturated heterocycles. The number of amides is 1. The first-order valence-corrected chi connectivity index (χ1v) is 12.1. The van der Waals surface area contributed by atoms with Gasteiger partial charge in [-0.2, -0.15) is 5.26 Å². The van der Waals surface area contributed by atoms with Crippen molar-refractivity contribution in [1.29, 1.82) is 5.26 Å². The number of nitrogens with one attached hydrogen (secondary N) is 1. The predicted octanol–water partition coefficient (Wildman–Crippen LogP) is 2.33. The average Bonchev–Trinajstić information content (AvgIpc) is 3.24. The zero-order chi connectivity index (χ0) is 25.9. The van der Waals surface area contributed by atoms with E-state index in [1.807, 2.05) is 29.2 Å². The van der Waals surface area contributed by atoms with Crippen LogP contribution in [0.2, 0.25) is 0 Å². The molecule has 11 heteroatoms. The maximum Gasteiger partial charge on any atom is 0.351 e. The second kappa shape index (κ2) is 10.1. The molecule has 11 nitrogen and oxygen atoms in total. The van der Waals surface area contributed by atoms with E-state index in [0.717, 1.165) is 4.68 Å². The van der Waals surface area contributed by atoms with E-state index in [-0.39, 0.29) is 18.4 Å². The lowest BCUT2D eigenvalue weighted by Gasteiger charge is -2.31. The lowest BCUT2D eigenvalue weighted by atomic mass is 9.97. The molecule has 0 aliphatic carbocycles. The Labute approximate surface area is 211 Å². The number of hydrogen-bond acceptors (Lipinski definition) is 8. The van der Waals surface area contributed by atoms with Gasteiger partial charge in [0.25, 0.3) is 0 Å². The number of carbonyl (C=O) groups excluding carboxylic acids is 2. The third-order valence-corrected chi connectivity index (χ3v) is 6.37. The van der Waals surface area contributed by atoms with Crippen LogP contribution in [-0.4, -0.2) is 50.7 Å². The Morgan fingerprint density at radius 2 is 1.95 bits per heavy atom. The highest BCUT2D eigenvalue weighted by atomic mass is 16.5. The van der Waals surface area contributed by atoms with Crippen LogP contribution in [0.15, 0.2) is 53.3 Å². The van der Waals surface area contributed by atoms with E-state index in [4.69, 9.17) is 15.0 Å². The Hall–Kier alpha value is -4.72. The smallest absolute Gasteiger partial charge is 0.351 e. The fourth-order valence-electron chi connectivity index (χ4n) is 4.59. The topological polar surface area (TPSA) is 135 Å². The highest BCUT2D eigenvalue weighted by Gasteiger charge is 2.29. The van der Waals surface area contributed by atoms with Crippen molar-refractivity contribution in [3.8, 4) is 6.07 Å². The molecule has 2 aromatic heterocycles. The number of benzene rings is 2. The number of rotatable bonds is 6. The molecule has 0 atom stereocenters. The number of carbonyl (C=O) groups is 2. The molecule has 2 aromatic carbocycles. The van der Waals surface area contributed by atoms with Gasteiger partial charge in [-0.15, -0.1) is 5.10 Å². The number of fused-ring (bicyclic) bond motifs is 3. The van der Waals surface area contributed by atoms with E-state index in [1.54, 1.807) is 37.3 Å². The van der Waals surface area contributed by atoms with Gasteiger partial charge in [-0.3, -0.25) is 9.59 Å². The number of para-hydroxylation sites is 2. The number of hydrogen-bond donors (Lipinski definition) is 1. The number of piperidine rings is 1.